The van der Waals surface area contributed by atoms with Crippen LogP contribution in [0.3, 0.4) is 0 Å². The first kappa shape index (κ1) is 13.4. The Hall–Kier alpha value is -0.0600. The summed E-state index contributed by atoms with van der Waals surface area (Å²) in [6, 6.07) is 4.24. The minimum atomic E-state index is 0.773. The van der Waals surface area contributed by atoms with Gasteiger partial charge in [-0.3, -0.25) is 0 Å². The molecule has 1 aromatic carbocycles. The molecule has 0 bridgehead atoms. The molecule has 1 aliphatic carbocycles. The summed E-state index contributed by atoms with van der Waals surface area (Å²) in [5.74, 6) is 1.70. The third-order valence-electron chi connectivity index (χ3n) is 2.80. The van der Waals surface area contributed by atoms with E-state index in [1.54, 1.807) is 0 Å². The summed E-state index contributed by atoms with van der Waals surface area (Å²) in [4.78, 5) is 0. The fourth-order valence-corrected chi connectivity index (χ4v) is 3.12. The van der Waals surface area contributed by atoms with Gasteiger partial charge in [-0.25, -0.2) is 0 Å². The predicted octanol–water partition coefficient (Wildman–Crippen LogP) is 4.11. The molecule has 0 aliphatic heterocycles. The quantitative estimate of drug-likeness (QED) is 0.822. The first-order valence-electron chi connectivity index (χ1n) is 6.02. The van der Waals surface area contributed by atoms with E-state index in [4.69, 9.17) is 4.74 Å². The number of hydrogen-bond donors (Lipinski definition) is 1. The molecule has 0 spiro atoms. The lowest BCUT2D eigenvalue weighted by molar-refractivity contribution is 0.296. The molecule has 2 rings (SSSR count). The fraction of sp³-hybridized carbons (Fsp3) is 0.538. The van der Waals surface area contributed by atoms with Crippen molar-refractivity contribution < 1.29 is 4.74 Å². The van der Waals surface area contributed by atoms with E-state index in [1.165, 1.54) is 18.4 Å². The molecule has 1 fully saturated rings. The molecule has 1 aromatic rings. The largest absolute Gasteiger partial charge is 0.491 e. The standard InChI is InChI=1S/C13H17Br2NO/c1-2-16-7-10-5-11(14)13(12(15)6-10)17-8-9-3-4-9/h5-6,9,16H,2-4,7-8H2,1H3. The summed E-state index contributed by atoms with van der Waals surface area (Å²) < 4.78 is 7.89. The average molecular weight is 363 g/mol. The monoisotopic (exact) mass is 361 g/mol. The normalized spacial score (nSPS) is 15.0. The van der Waals surface area contributed by atoms with Gasteiger partial charge < -0.3 is 10.1 Å². The zero-order valence-electron chi connectivity index (χ0n) is 9.93. The van der Waals surface area contributed by atoms with Crippen LogP contribution in [0.4, 0.5) is 0 Å². The van der Waals surface area contributed by atoms with Crippen LogP contribution in [-0.2, 0) is 6.54 Å². The molecule has 2 nitrogen and oxygen atoms in total. The van der Waals surface area contributed by atoms with E-state index in [2.05, 4.69) is 56.2 Å². The van der Waals surface area contributed by atoms with Crippen molar-refractivity contribution in [2.45, 2.75) is 26.3 Å². The number of halogens is 2. The fourth-order valence-electron chi connectivity index (χ4n) is 1.61. The lowest BCUT2D eigenvalue weighted by Gasteiger charge is -2.12. The van der Waals surface area contributed by atoms with Gasteiger partial charge in [-0.05, 0) is 74.9 Å². The molecule has 1 N–H and O–H groups in total. The molecular weight excluding hydrogens is 346 g/mol. The Morgan fingerprint density at radius 2 is 1.94 bits per heavy atom. The molecule has 0 aromatic heterocycles. The number of nitrogens with one attached hydrogen (secondary N) is 1. The molecule has 4 heteroatoms. The third-order valence-corrected chi connectivity index (χ3v) is 3.98. The average Bonchev–Trinajstić information content (AvgIpc) is 3.09. The molecule has 1 saturated carbocycles. The Labute approximate surface area is 119 Å². The van der Waals surface area contributed by atoms with E-state index in [-0.39, 0.29) is 0 Å². The summed E-state index contributed by atoms with van der Waals surface area (Å²) >= 11 is 7.16. The van der Waals surface area contributed by atoms with E-state index < -0.39 is 0 Å². The molecule has 94 valence electrons. The molecular formula is C13H17Br2NO. The highest BCUT2D eigenvalue weighted by molar-refractivity contribution is 9.11. The van der Waals surface area contributed by atoms with Gasteiger partial charge in [0, 0.05) is 6.54 Å². The van der Waals surface area contributed by atoms with Gasteiger partial charge in [-0.15, -0.1) is 0 Å². The highest BCUT2D eigenvalue weighted by Gasteiger charge is 2.22. The van der Waals surface area contributed by atoms with Gasteiger partial charge in [0.05, 0.1) is 15.6 Å². The Kier molecular flexibility index (Phi) is 4.88. The number of rotatable bonds is 6. The molecule has 0 atom stereocenters. The van der Waals surface area contributed by atoms with Crippen LogP contribution < -0.4 is 10.1 Å². The van der Waals surface area contributed by atoms with E-state index in [0.29, 0.717) is 0 Å². The SMILES string of the molecule is CCNCc1cc(Br)c(OCC2CC2)c(Br)c1. The van der Waals surface area contributed by atoms with Crippen molar-refractivity contribution >= 4 is 31.9 Å². The first-order valence-corrected chi connectivity index (χ1v) is 7.60. The lowest BCUT2D eigenvalue weighted by Crippen LogP contribution is -2.12. The minimum Gasteiger partial charge on any atom is -0.491 e. The van der Waals surface area contributed by atoms with Crippen LogP contribution in [0.15, 0.2) is 21.1 Å². The van der Waals surface area contributed by atoms with Crippen molar-refractivity contribution in [2.24, 2.45) is 5.92 Å². The van der Waals surface area contributed by atoms with Crippen molar-refractivity contribution in [1.82, 2.24) is 5.32 Å². The molecule has 17 heavy (non-hydrogen) atoms. The highest BCUT2D eigenvalue weighted by Crippen LogP contribution is 2.37. The first-order chi connectivity index (χ1) is 8.20. The summed E-state index contributed by atoms with van der Waals surface area (Å²) in [7, 11) is 0. The van der Waals surface area contributed by atoms with E-state index in [9.17, 15) is 0 Å². The Morgan fingerprint density at radius 3 is 2.47 bits per heavy atom. The molecule has 0 unspecified atom stereocenters. The van der Waals surface area contributed by atoms with Crippen LogP contribution in [0.1, 0.15) is 25.3 Å². The number of benzene rings is 1. The van der Waals surface area contributed by atoms with Gasteiger partial charge in [0.25, 0.3) is 0 Å². The predicted molar refractivity (Wildman–Crippen MR) is 77.4 cm³/mol. The molecule has 0 amide bonds. The van der Waals surface area contributed by atoms with Crippen LogP contribution in [0.2, 0.25) is 0 Å². The van der Waals surface area contributed by atoms with E-state index in [1.807, 2.05) is 0 Å². The van der Waals surface area contributed by atoms with Crippen molar-refractivity contribution in [3.05, 3.63) is 26.6 Å². The Bertz CT molecular complexity index is 368. The second-order valence-electron chi connectivity index (χ2n) is 4.42. The maximum Gasteiger partial charge on any atom is 0.147 e. The van der Waals surface area contributed by atoms with Crippen molar-refractivity contribution in [3.63, 3.8) is 0 Å². The highest BCUT2D eigenvalue weighted by atomic mass is 79.9. The van der Waals surface area contributed by atoms with E-state index in [0.717, 1.165) is 40.3 Å². The van der Waals surface area contributed by atoms with Crippen LogP contribution in [-0.4, -0.2) is 13.2 Å². The maximum absolute atomic E-state index is 5.84. The summed E-state index contributed by atoms with van der Waals surface area (Å²) in [6.45, 7) is 4.81. The third kappa shape index (κ3) is 3.97. The second kappa shape index (κ2) is 6.21. The van der Waals surface area contributed by atoms with Gasteiger partial charge in [0.1, 0.15) is 5.75 Å². The Morgan fingerprint density at radius 1 is 1.29 bits per heavy atom. The zero-order valence-corrected chi connectivity index (χ0v) is 13.1. The summed E-state index contributed by atoms with van der Waals surface area (Å²) in [5, 5.41) is 3.32. The molecule has 1 aliphatic rings. The van der Waals surface area contributed by atoms with Crippen LogP contribution >= 0.6 is 31.9 Å². The minimum absolute atomic E-state index is 0.773. The zero-order chi connectivity index (χ0) is 12.3. The van der Waals surface area contributed by atoms with Gasteiger partial charge in [0.2, 0.25) is 0 Å². The van der Waals surface area contributed by atoms with Gasteiger partial charge in [-0.1, -0.05) is 6.92 Å². The molecule has 0 heterocycles. The van der Waals surface area contributed by atoms with Crippen LogP contribution in [0.25, 0.3) is 0 Å². The van der Waals surface area contributed by atoms with Gasteiger partial charge in [0.15, 0.2) is 0 Å². The number of hydrogen-bond acceptors (Lipinski definition) is 2. The van der Waals surface area contributed by atoms with Crippen molar-refractivity contribution in [2.75, 3.05) is 13.2 Å². The van der Waals surface area contributed by atoms with Gasteiger partial charge in [-0.2, -0.15) is 0 Å². The molecule has 0 saturated heterocycles. The van der Waals surface area contributed by atoms with Crippen molar-refractivity contribution in [3.8, 4) is 5.75 Å². The van der Waals surface area contributed by atoms with Gasteiger partial charge >= 0.3 is 0 Å². The topological polar surface area (TPSA) is 21.3 Å². The lowest BCUT2D eigenvalue weighted by atomic mass is 10.2. The maximum atomic E-state index is 5.84. The van der Waals surface area contributed by atoms with Crippen LogP contribution in [0, 0.1) is 5.92 Å². The smallest absolute Gasteiger partial charge is 0.147 e. The second-order valence-corrected chi connectivity index (χ2v) is 6.13. The number of ether oxygens (including phenoxy) is 1. The summed E-state index contributed by atoms with van der Waals surface area (Å²) in [5.41, 5.74) is 1.25. The Balaban J connectivity index is 2.04. The van der Waals surface area contributed by atoms with Crippen molar-refractivity contribution in [1.29, 1.82) is 0 Å². The van der Waals surface area contributed by atoms with E-state index >= 15 is 0 Å². The molecule has 0 radical (unpaired) electrons. The van der Waals surface area contributed by atoms with Crippen LogP contribution in [0.5, 0.6) is 5.75 Å². The summed E-state index contributed by atoms with van der Waals surface area (Å²) in [6.07, 6.45) is 2.63.